The normalized spacial score (nSPS) is 10.2. The Morgan fingerprint density at radius 3 is 2.54 bits per heavy atom. The molecule has 120 valence electrons. The van der Waals surface area contributed by atoms with Gasteiger partial charge in [-0.1, -0.05) is 18.2 Å². The first-order valence-corrected chi connectivity index (χ1v) is 7.77. The highest BCUT2D eigenvalue weighted by Gasteiger charge is 2.18. The van der Waals surface area contributed by atoms with Gasteiger partial charge in [-0.25, -0.2) is 19.7 Å². The number of carboxylic acid groups (broad SMARTS) is 1. The summed E-state index contributed by atoms with van der Waals surface area (Å²) in [6.45, 7) is 0. The molecular formula is C17H12BrN3O3. The maximum absolute atomic E-state index is 11.6. The van der Waals surface area contributed by atoms with Gasteiger partial charge in [-0.2, -0.15) is 0 Å². The molecule has 1 N–H and O–H groups in total. The van der Waals surface area contributed by atoms with Crippen LogP contribution in [0.3, 0.4) is 0 Å². The number of hydrogen-bond donors (Lipinski definition) is 1. The van der Waals surface area contributed by atoms with Crippen molar-refractivity contribution < 1.29 is 14.6 Å². The molecule has 0 atom stereocenters. The van der Waals surface area contributed by atoms with E-state index in [-0.39, 0.29) is 5.82 Å². The summed E-state index contributed by atoms with van der Waals surface area (Å²) in [5, 5.41) is 9.53. The highest BCUT2D eigenvalue weighted by molar-refractivity contribution is 9.10. The van der Waals surface area contributed by atoms with E-state index in [1.54, 1.807) is 54.7 Å². The van der Waals surface area contributed by atoms with E-state index in [0.717, 1.165) is 4.90 Å². The van der Waals surface area contributed by atoms with E-state index in [1.165, 1.54) is 6.20 Å². The van der Waals surface area contributed by atoms with E-state index in [0.29, 0.717) is 21.8 Å². The number of hydrogen-bond acceptors (Lipinski definition) is 4. The lowest BCUT2D eigenvalue weighted by molar-refractivity contribution is 0.204. The minimum absolute atomic E-state index is 0.234. The monoisotopic (exact) mass is 385 g/mol. The third kappa shape index (κ3) is 3.52. The Morgan fingerprint density at radius 1 is 1.04 bits per heavy atom. The number of ether oxygens (including phenoxy) is 1. The Kier molecular flexibility index (Phi) is 4.72. The molecule has 7 heteroatoms. The van der Waals surface area contributed by atoms with Crippen LogP contribution in [0.1, 0.15) is 0 Å². The van der Waals surface area contributed by atoms with E-state index in [9.17, 15) is 9.90 Å². The Labute approximate surface area is 146 Å². The number of carbonyl (C=O) groups is 1. The number of para-hydroxylation sites is 1. The van der Waals surface area contributed by atoms with Gasteiger partial charge < -0.3 is 9.84 Å². The van der Waals surface area contributed by atoms with Crippen molar-refractivity contribution in [3.63, 3.8) is 0 Å². The lowest BCUT2D eigenvalue weighted by Crippen LogP contribution is -2.24. The summed E-state index contributed by atoms with van der Waals surface area (Å²) in [5.74, 6) is 1.05. The quantitative estimate of drug-likeness (QED) is 0.694. The molecule has 0 fully saturated rings. The second-order valence-electron chi connectivity index (χ2n) is 4.70. The van der Waals surface area contributed by atoms with E-state index in [4.69, 9.17) is 4.74 Å². The van der Waals surface area contributed by atoms with Crippen LogP contribution in [-0.4, -0.2) is 21.2 Å². The van der Waals surface area contributed by atoms with Crippen molar-refractivity contribution in [3.05, 3.63) is 71.5 Å². The number of aromatic nitrogens is 2. The predicted molar refractivity (Wildman–Crippen MR) is 92.9 cm³/mol. The van der Waals surface area contributed by atoms with Crippen molar-refractivity contribution in [2.24, 2.45) is 0 Å². The fourth-order valence-corrected chi connectivity index (χ4v) is 2.40. The van der Waals surface area contributed by atoms with E-state index >= 15 is 0 Å². The Bertz CT molecular complexity index is 858. The number of rotatable bonds is 4. The molecule has 1 amide bonds. The van der Waals surface area contributed by atoms with Crippen molar-refractivity contribution >= 4 is 33.5 Å². The highest BCUT2D eigenvalue weighted by Crippen LogP contribution is 2.30. The zero-order valence-corrected chi connectivity index (χ0v) is 13.9. The number of nitrogens with zero attached hydrogens (tertiary/aromatic N) is 3. The molecule has 0 aliphatic rings. The summed E-state index contributed by atoms with van der Waals surface area (Å²) in [5.41, 5.74) is 0.494. The molecule has 0 saturated carbocycles. The molecule has 2 aromatic heterocycles. The van der Waals surface area contributed by atoms with Crippen molar-refractivity contribution in [2.45, 2.75) is 0 Å². The molecule has 1 aromatic carbocycles. The lowest BCUT2D eigenvalue weighted by Gasteiger charge is -2.18. The largest absolute Gasteiger partial charge is 0.464 e. The molecule has 6 nitrogen and oxygen atoms in total. The van der Waals surface area contributed by atoms with Gasteiger partial charge in [0.15, 0.2) is 0 Å². The second-order valence-corrected chi connectivity index (χ2v) is 5.55. The minimum Gasteiger partial charge on any atom is -0.464 e. The van der Waals surface area contributed by atoms with Crippen LogP contribution >= 0.6 is 15.9 Å². The van der Waals surface area contributed by atoms with Crippen molar-refractivity contribution in [3.8, 4) is 11.6 Å². The van der Waals surface area contributed by atoms with Crippen LogP contribution in [0.5, 0.6) is 11.6 Å². The fourth-order valence-electron chi connectivity index (χ4n) is 2.06. The summed E-state index contributed by atoms with van der Waals surface area (Å²) in [7, 11) is 0. The average molecular weight is 386 g/mol. The first-order chi connectivity index (χ1) is 11.6. The molecule has 3 aromatic rings. The van der Waals surface area contributed by atoms with Crippen molar-refractivity contribution in [2.75, 3.05) is 4.90 Å². The molecule has 2 heterocycles. The molecule has 0 radical (unpaired) electrons. The summed E-state index contributed by atoms with van der Waals surface area (Å²) in [4.78, 5) is 21.0. The Hall–Kier alpha value is -2.93. The topological polar surface area (TPSA) is 75.5 Å². The van der Waals surface area contributed by atoms with Crippen LogP contribution in [0.4, 0.5) is 16.3 Å². The molecule has 0 aliphatic carbocycles. The zero-order valence-electron chi connectivity index (χ0n) is 12.3. The van der Waals surface area contributed by atoms with Crippen LogP contribution in [0.2, 0.25) is 0 Å². The van der Waals surface area contributed by atoms with Crippen LogP contribution in [0, 0.1) is 0 Å². The Morgan fingerprint density at radius 2 is 1.83 bits per heavy atom. The maximum atomic E-state index is 11.6. The van der Waals surface area contributed by atoms with Gasteiger partial charge in [-0.3, -0.25) is 0 Å². The van der Waals surface area contributed by atoms with E-state index in [1.807, 2.05) is 6.07 Å². The number of anilines is 2. The molecule has 3 rings (SSSR count). The molecule has 0 bridgehead atoms. The molecule has 0 saturated heterocycles. The SMILES string of the molecule is O=C(O)N(c1ccccc1)c1cc(Oc2ncccc2Br)ccn1. The highest BCUT2D eigenvalue weighted by atomic mass is 79.9. The van der Waals surface area contributed by atoms with Gasteiger partial charge in [-0.15, -0.1) is 0 Å². The van der Waals surface area contributed by atoms with Crippen LogP contribution in [0.25, 0.3) is 0 Å². The van der Waals surface area contributed by atoms with Gasteiger partial charge in [0.25, 0.3) is 0 Å². The van der Waals surface area contributed by atoms with Gasteiger partial charge >= 0.3 is 6.09 Å². The summed E-state index contributed by atoms with van der Waals surface area (Å²) in [6.07, 6.45) is 1.96. The summed E-state index contributed by atoms with van der Waals surface area (Å²) >= 11 is 3.35. The summed E-state index contributed by atoms with van der Waals surface area (Å²) < 4.78 is 6.39. The molecular weight excluding hydrogens is 374 g/mol. The first kappa shape index (κ1) is 15.9. The maximum Gasteiger partial charge on any atom is 0.417 e. The third-order valence-corrected chi connectivity index (χ3v) is 3.69. The average Bonchev–Trinajstić information content (AvgIpc) is 2.58. The van der Waals surface area contributed by atoms with Crippen LogP contribution in [-0.2, 0) is 0 Å². The van der Waals surface area contributed by atoms with Gasteiger partial charge in [0.1, 0.15) is 11.6 Å². The molecule has 0 unspecified atom stereocenters. The third-order valence-electron chi connectivity index (χ3n) is 3.09. The van der Waals surface area contributed by atoms with Gasteiger partial charge in [0.05, 0.1) is 10.2 Å². The Balaban J connectivity index is 1.94. The summed E-state index contributed by atoms with van der Waals surface area (Å²) in [6, 6.07) is 15.5. The lowest BCUT2D eigenvalue weighted by atomic mass is 10.3. The smallest absolute Gasteiger partial charge is 0.417 e. The fraction of sp³-hybridized carbons (Fsp3) is 0. The standard InChI is InChI=1S/C17H12BrN3O3/c18-14-7-4-9-20-16(14)24-13-8-10-19-15(11-13)21(17(22)23)12-5-2-1-3-6-12/h1-11H,(H,22,23). The van der Waals surface area contributed by atoms with E-state index < -0.39 is 6.09 Å². The van der Waals surface area contributed by atoms with E-state index in [2.05, 4.69) is 25.9 Å². The van der Waals surface area contributed by atoms with Gasteiger partial charge in [-0.05, 0) is 46.3 Å². The number of amides is 1. The molecule has 0 aliphatic heterocycles. The van der Waals surface area contributed by atoms with Gasteiger partial charge in [0.2, 0.25) is 5.88 Å². The second kappa shape index (κ2) is 7.10. The van der Waals surface area contributed by atoms with Crippen LogP contribution in [0.15, 0.2) is 71.5 Å². The van der Waals surface area contributed by atoms with Gasteiger partial charge in [0, 0.05) is 18.5 Å². The predicted octanol–water partition coefficient (Wildman–Crippen LogP) is 4.85. The number of halogens is 1. The number of benzene rings is 1. The zero-order chi connectivity index (χ0) is 16.9. The van der Waals surface area contributed by atoms with Crippen LogP contribution < -0.4 is 9.64 Å². The van der Waals surface area contributed by atoms with Crippen molar-refractivity contribution in [1.82, 2.24) is 9.97 Å². The number of pyridine rings is 2. The minimum atomic E-state index is -1.13. The molecule has 0 spiro atoms. The molecule has 24 heavy (non-hydrogen) atoms. The first-order valence-electron chi connectivity index (χ1n) is 6.97. The van der Waals surface area contributed by atoms with Crippen molar-refractivity contribution in [1.29, 1.82) is 0 Å².